The second-order valence-electron chi connectivity index (χ2n) is 18.5. The Hall–Kier alpha value is -2.80. The van der Waals surface area contributed by atoms with E-state index in [9.17, 15) is 24.3 Å². The van der Waals surface area contributed by atoms with Gasteiger partial charge in [0.05, 0.1) is 6.10 Å². The number of aliphatic hydroxyl groups excluding tert-OH is 1. The summed E-state index contributed by atoms with van der Waals surface area (Å²) in [6.07, 6.45) is 14.8. The van der Waals surface area contributed by atoms with Crippen molar-refractivity contribution in [2.24, 2.45) is 51.8 Å². The Morgan fingerprint density at radius 2 is 1.55 bits per heavy atom. The minimum Gasteiger partial charge on any atom is -0.451 e. The molecule has 5 saturated carbocycles. The molecule has 7 aliphatic rings. The minimum atomic E-state index is -0.961. The molecule has 12 atom stereocenters. The summed E-state index contributed by atoms with van der Waals surface area (Å²) in [5.41, 5.74) is 3.17. The number of hydrogen-bond donors (Lipinski definition) is 1. The van der Waals surface area contributed by atoms with Crippen molar-refractivity contribution in [3.8, 4) is 5.75 Å². The van der Waals surface area contributed by atoms with E-state index < -0.39 is 5.60 Å². The van der Waals surface area contributed by atoms with Gasteiger partial charge in [-0.25, -0.2) is 0 Å². The van der Waals surface area contributed by atoms with Gasteiger partial charge in [-0.1, -0.05) is 39.3 Å². The molecule has 278 valence electrons. The molecule has 7 aliphatic carbocycles. The Kier molecular flexibility index (Phi) is 9.28. The molecule has 1 N–H and O–H groups in total. The van der Waals surface area contributed by atoms with Gasteiger partial charge in [0.25, 0.3) is 0 Å². The van der Waals surface area contributed by atoms with Crippen LogP contribution >= 0.6 is 0 Å². The largest absolute Gasteiger partial charge is 0.451 e. The second kappa shape index (κ2) is 13.0. The summed E-state index contributed by atoms with van der Waals surface area (Å²) in [7, 11) is 0. The van der Waals surface area contributed by atoms with Crippen LogP contribution in [0.3, 0.4) is 0 Å². The molecule has 51 heavy (non-hydrogen) atoms. The lowest BCUT2D eigenvalue weighted by Gasteiger charge is -2.60. The van der Waals surface area contributed by atoms with Crippen molar-refractivity contribution in [2.45, 2.75) is 150 Å². The molecular weight excluding hydrogens is 640 g/mol. The molecule has 0 aliphatic heterocycles. The second-order valence-corrected chi connectivity index (χ2v) is 18.5. The molecule has 5 fully saturated rings. The number of hydrogen-bond acceptors (Lipinski definition) is 7. The first-order valence-electron chi connectivity index (χ1n) is 20.0. The van der Waals surface area contributed by atoms with E-state index in [1.807, 2.05) is 12.1 Å². The van der Waals surface area contributed by atoms with Gasteiger partial charge < -0.3 is 14.6 Å². The van der Waals surface area contributed by atoms with Gasteiger partial charge in [0.2, 0.25) is 0 Å². The van der Waals surface area contributed by atoms with Crippen molar-refractivity contribution in [2.75, 3.05) is 0 Å². The predicted octanol–water partition coefficient (Wildman–Crippen LogP) is 8.48. The maximum atomic E-state index is 12.8. The third-order valence-corrected chi connectivity index (χ3v) is 16.2. The molecule has 0 spiro atoms. The number of aryl methyl sites for hydroxylation is 1. The van der Waals surface area contributed by atoms with Crippen LogP contribution in [0, 0.1) is 51.8 Å². The fourth-order valence-electron chi connectivity index (χ4n) is 13.8. The smallest absolute Gasteiger partial charge is 0.308 e. The number of ether oxygens (including phenoxy) is 2. The lowest BCUT2D eigenvalue weighted by atomic mass is 9.44. The van der Waals surface area contributed by atoms with Crippen LogP contribution in [-0.4, -0.2) is 40.3 Å². The predicted molar refractivity (Wildman–Crippen MR) is 195 cm³/mol. The third kappa shape index (κ3) is 5.69. The Labute approximate surface area is 304 Å². The van der Waals surface area contributed by atoms with Crippen molar-refractivity contribution in [3.05, 3.63) is 41.0 Å². The maximum Gasteiger partial charge on any atom is 0.308 e. The fourth-order valence-corrected chi connectivity index (χ4v) is 13.8. The molecule has 7 nitrogen and oxygen atoms in total. The van der Waals surface area contributed by atoms with E-state index in [4.69, 9.17) is 9.47 Å². The van der Waals surface area contributed by atoms with Crippen LogP contribution in [0.5, 0.6) is 5.75 Å². The minimum absolute atomic E-state index is 0.00469. The summed E-state index contributed by atoms with van der Waals surface area (Å²) in [4.78, 5) is 48.0. The number of ketones is 2. The molecule has 0 heterocycles. The van der Waals surface area contributed by atoms with Crippen LogP contribution in [0.25, 0.3) is 0 Å². The highest BCUT2D eigenvalue weighted by Crippen LogP contribution is 2.69. The van der Waals surface area contributed by atoms with Crippen LogP contribution in [0.4, 0.5) is 0 Å². The number of rotatable bonds is 3. The Morgan fingerprint density at radius 3 is 2.25 bits per heavy atom. The van der Waals surface area contributed by atoms with E-state index in [0.29, 0.717) is 60.0 Å². The van der Waals surface area contributed by atoms with Crippen LogP contribution in [0.1, 0.15) is 143 Å². The lowest BCUT2D eigenvalue weighted by Crippen LogP contribution is -2.59. The highest BCUT2D eigenvalue weighted by Gasteiger charge is 2.68. The van der Waals surface area contributed by atoms with Crippen molar-refractivity contribution in [1.29, 1.82) is 0 Å². The number of allylic oxidation sites excluding steroid dienone is 1. The van der Waals surface area contributed by atoms with Crippen LogP contribution in [0.2, 0.25) is 0 Å². The molecule has 0 saturated heterocycles. The van der Waals surface area contributed by atoms with Crippen molar-refractivity contribution < 1.29 is 33.8 Å². The zero-order valence-electron chi connectivity index (χ0n) is 32.0. The summed E-state index contributed by atoms with van der Waals surface area (Å²) in [5.74, 6) is 4.23. The van der Waals surface area contributed by atoms with Gasteiger partial charge >= 0.3 is 11.9 Å². The molecular formula is C44H60O7. The van der Waals surface area contributed by atoms with Crippen LogP contribution in [0.15, 0.2) is 29.8 Å². The Balaban J connectivity index is 0.000000162. The number of esters is 2. The van der Waals surface area contributed by atoms with Gasteiger partial charge in [-0.15, -0.1) is 0 Å². The Bertz CT molecular complexity index is 1640. The summed E-state index contributed by atoms with van der Waals surface area (Å²) < 4.78 is 11.1. The highest BCUT2D eigenvalue weighted by molar-refractivity contribution is 5.92. The van der Waals surface area contributed by atoms with Crippen LogP contribution in [-0.2, 0) is 30.3 Å². The molecule has 8 rings (SSSR count). The highest BCUT2D eigenvalue weighted by atomic mass is 16.6. The average molecular weight is 701 g/mol. The average Bonchev–Trinajstić information content (AvgIpc) is 3.54. The first-order valence-corrected chi connectivity index (χ1v) is 20.0. The monoisotopic (exact) mass is 700 g/mol. The molecule has 7 heteroatoms. The molecule has 0 radical (unpaired) electrons. The number of Topliss-reactive ketones (excluding diaryl/α,β-unsaturated/α-hetero) is 1. The number of aliphatic hydroxyl groups is 1. The van der Waals surface area contributed by atoms with Gasteiger partial charge in [-0.3, -0.25) is 19.2 Å². The van der Waals surface area contributed by atoms with Gasteiger partial charge in [0.1, 0.15) is 5.75 Å². The zero-order chi connectivity index (χ0) is 36.7. The SMILES string of the molecule is CC(=O)O[C@]1(C(C)=O)CC[C@H]2[C@@H]3C[C@H](C)C4=CC(=O)CC[C@]4(C)[C@H]3CC[C@@]21C.CC(=O)Oc1ccc2c(c1)CC[C@@H]1[C@@H]2CC[C@]2(C)[C@@H](O)CC[C@@H]12. The van der Waals surface area contributed by atoms with E-state index in [-0.39, 0.29) is 45.9 Å². The summed E-state index contributed by atoms with van der Waals surface area (Å²) in [6.45, 7) is 13.6. The van der Waals surface area contributed by atoms with Gasteiger partial charge in [0.15, 0.2) is 17.2 Å². The van der Waals surface area contributed by atoms with Crippen molar-refractivity contribution in [1.82, 2.24) is 0 Å². The lowest BCUT2D eigenvalue weighted by molar-refractivity contribution is -0.187. The molecule has 0 amide bonds. The molecule has 0 aromatic heterocycles. The third-order valence-electron chi connectivity index (χ3n) is 16.2. The standard InChI is InChI=1S/C24H34O4.C20H26O3/c1-14-12-18-19(22(4)9-6-17(27)13-21(14)22)7-10-23(5)20(18)8-11-24(23,15(2)25)28-16(3)26;1-12(21)23-14-4-6-15-13(11-14)3-5-17-16(15)9-10-20(2)18(17)7-8-19(20)22/h13-14,18-20H,6-12H2,1-5H3;4,6,11,16-19,22H,3,5,7-10H2,1-2H3/t14-,18+,19-,20-,22+,23-,24-;16-,17-,18+,19+,20+/m01/s1. The quantitative estimate of drug-likeness (QED) is 0.249. The molecule has 1 aromatic carbocycles. The maximum absolute atomic E-state index is 12.8. The number of carbonyl (C=O) groups is 4. The van der Waals surface area contributed by atoms with Gasteiger partial charge in [-0.05, 0) is 166 Å². The van der Waals surface area contributed by atoms with Crippen molar-refractivity contribution in [3.63, 3.8) is 0 Å². The van der Waals surface area contributed by atoms with Gasteiger partial charge in [0, 0.05) is 25.7 Å². The number of carbonyl (C=O) groups excluding carboxylic acids is 4. The first kappa shape index (κ1) is 36.6. The Morgan fingerprint density at radius 1 is 0.804 bits per heavy atom. The van der Waals surface area contributed by atoms with E-state index in [1.54, 1.807) is 6.92 Å². The van der Waals surface area contributed by atoms with Crippen molar-refractivity contribution >= 4 is 23.5 Å². The summed E-state index contributed by atoms with van der Waals surface area (Å²) in [5, 5.41) is 10.4. The van der Waals surface area contributed by atoms with E-state index in [0.717, 1.165) is 51.4 Å². The molecule has 0 bridgehead atoms. The number of fused-ring (bicyclic) bond motifs is 10. The summed E-state index contributed by atoms with van der Waals surface area (Å²) >= 11 is 0. The van der Waals surface area contributed by atoms with Gasteiger partial charge in [-0.2, -0.15) is 0 Å². The number of benzene rings is 1. The summed E-state index contributed by atoms with van der Waals surface area (Å²) in [6, 6.07) is 6.18. The first-order chi connectivity index (χ1) is 24.0. The molecule has 0 unspecified atom stereocenters. The van der Waals surface area contributed by atoms with E-state index in [2.05, 4.69) is 39.8 Å². The topological polar surface area (TPSA) is 107 Å². The van der Waals surface area contributed by atoms with E-state index >= 15 is 0 Å². The van der Waals surface area contributed by atoms with E-state index in [1.165, 1.54) is 49.8 Å². The van der Waals surface area contributed by atoms with Crippen LogP contribution < -0.4 is 4.74 Å². The fraction of sp³-hybridized carbons (Fsp3) is 0.727. The molecule has 1 aromatic rings. The normalized spacial score (nSPS) is 43.4. The zero-order valence-corrected chi connectivity index (χ0v) is 32.0.